The molecule has 0 aliphatic rings. The lowest BCUT2D eigenvalue weighted by atomic mass is 10.1. The number of nitrogens with zero attached hydrogens (tertiary/aromatic N) is 1. The largest absolute Gasteiger partial charge is 0.391 e. The van der Waals surface area contributed by atoms with Gasteiger partial charge in [0.25, 0.3) is 11.8 Å². The maximum Gasteiger partial charge on any atom is 0.268 e. The number of carbonyl (C=O) groups excluding carboxylic acids is 3. The van der Waals surface area contributed by atoms with Crippen molar-refractivity contribution in [3.63, 3.8) is 0 Å². The van der Waals surface area contributed by atoms with Crippen LogP contribution in [0, 0.1) is 23.7 Å². The van der Waals surface area contributed by atoms with Crippen molar-refractivity contribution in [2.24, 2.45) is 5.73 Å². The highest BCUT2D eigenvalue weighted by molar-refractivity contribution is 5.97. The number of nitrogens with two attached hydrogens (primary N) is 1. The molecule has 3 amide bonds. The molecule has 11 nitrogen and oxygen atoms in total. The third-order valence-electron chi connectivity index (χ3n) is 5.27. The Balaban J connectivity index is 0.00000533. The van der Waals surface area contributed by atoms with E-state index in [0.29, 0.717) is 23.2 Å². The first-order valence-electron chi connectivity index (χ1n) is 11.5. The second-order valence-corrected chi connectivity index (χ2v) is 8.20. The minimum atomic E-state index is -1.31. The fourth-order valence-corrected chi connectivity index (χ4v) is 3.21. The van der Waals surface area contributed by atoms with Crippen LogP contribution < -0.4 is 21.8 Å². The molecule has 202 valence electrons. The van der Waals surface area contributed by atoms with Crippen LogP contribution in [0.2, 0.25) is 0 Å². The summed E-state index contributed by atoms with van der Waals surface area (Å²) in [4.78, 5) is 43.0. The number of nitrogens with one attached hydrogen (secondary N) is 4. The average molecular weight is 531 g/mol. The lowest BCUT2D eigenvalue weighted by molar-refractivity contribution is -0.133. The van der Waals surface area contributed by atoms with Crippen LogP contribution in [0.25, 0.3) is 0 Å². The van der Waals surface area contributed by atoms with Crippen LogP contribution in [-0.2, 0) is 16.0 Å². The molecule has 0 saturated heterocycles. The number of carbonyl (C=O) groups is 3. The molecule has 1 aromatic heterocycles. The minimum Gasteiger partial charge on any atom is -0.391 e. The Hall–Kier alpha value is -4.94. The number of aliphatic hydroxyl groups excluding tert-OH is 1. The Kier molecular flexibility index (Phi) is 11.4. The highest BCUT2D eigenvalue weighted by Crippen LogP contribution is 2.10. The van der Waals surface area contributed by atoms with Gasteiger partial charge >= 0.3 is 0 Å². The molecule has 0 bridgehead atoms. The third-order valence-corrected chi connectivity index (χ3v) is 5.27. The topological polar surface area (TPSA) is 182 Å². The summed E-state index contributed by atoms with van der Waals surface area (Å²) in [6.07, 6.45) is 2.29. The highest BCUT2D eigenvalue weighted by atomic mass is 16.5. The molecule has 11 heteroatoms. The first kappa shape index (κ1) is 30.3. The second-order valence-electron chi connectivity index (χ2n) is 8.20. The Morgan fingerprint density at radius 2 is 1.59 bits per heavy atom. The predicted octanol–water partition coefficient (Wildman–Crippen LogP) is 0.942. The van der Waals surface area contributed by atoms with E-state index in [9.17, 15) is 19.5 Å². The molecule has 0 saturated carbocycles. The number of aliphatic hydroxyl groups is 1. The standard InChI is InChI=1S/C27H26N6O5.CH4/c1-17(34)24(27(37)33-38)32-25(35)20-10-6-18(7-11-20)4-2-3-5-19-8-12-21(13-9-19)31-26(36)23(28)14-22-15-29-16-30-22;/h6-13,15-17,23-24,34,38H,14,28H2,1H3,(H,29,30)(H,31,36)(H,32,35)(H,33,37);1H4/t17-,23+,24+;/m1./s1. The molecule has 3 aromatic rings. The summed E-state index contributed by atoms with van der Waals surface area (Å²) in [5.74, 6) is 9.41. The minimum absolute atomic E-state index is 0. The average Bonchev–Trinajstić information content (AvgIpc) is 3.43. The van der Waals surface area contributed by atoms with E-state index < -0.39 is 30.0 Å². The zero-order valence-corrected chi connectivity index (χ0v) is 20.4. The first-order chi connectivity index (χ1) is 18.3. The van der Waals surface area contributed by atoms with E-state index in [2.05, 4.69) is 44.3 Å². The number of hydrogen-bond donors (Lipinski definition) is 7. The van der Waals surface area contributed by atoms with Gasteiger partial charge in [-0.15, -0.1) is 0 Å². The van der Waals surface area contributed by atoms with Crippen LogP contribution in [0.5, 0.6) is 0 Å². The van der Waals surface area contributed by atoms with Crippen molar-refractivity contribution in [1.82, 2.24) is 20.8 Å². The number of hydrogen-bond acceptors (Lipinski definition) is 7. The molecule has 0 radical (unpaired) electrons. The maximum atomic E-state index is 12.3. The van der Waals surface area contributed by atoms with E-state index in [4.69, 9.17) is 10.9 Å². The predicted molar refractivity (Wildman–Crippen MR) is 145 cm³/mol. The summed E-state index contributed by atoms with van der Waals surface area (Å²) in [5, 5.41) is 23.5. The van der Waals surface area contributed by atoms with Gasteiger partial charge in [0.05, 0.1) is 18.5 Å². The van der Waals surface area contributed by atoms with Gasteiger partial charge in [-0.2, -0.15) is 0 Å². The molecular formula is C28H30N6O5. The van der Waals surface area contributed by atoms with E-state index in [0.717, 1.165) is 5.69 Å². The molecule has 2 aromatic carbocycles. The van der Waals surface area contributed by atoms with Gasteiger partial charge in [-0.05, 0) is 67.3 Å². The molecular weight excluding hydrogens is 500 g/mol. The normalized spacial score (nSPS) is 12.1. The Labute approximate surface area is 226 Å². The number of hydroxylamine groups is 1. The summed E-state index contributed by atoms with van der Waals surface area (Å²) >= 11 is 0. The molecule has 1 heterocycles. The summed E-state index contributed by atoms with van der Waals surface area (Å²) in [5.41, 5.74) is 10.3. The van der Waals surface area contributed by atoms with Gasteiger partial charge in [-0.25, -0.2) is 10.5 Å². The number of amides is 3. The van der Waals surface area contributed by atoms with E-state index in [1.165, 1.54) is 30.9 Å². The Morgan fingerprint density at radius 3 is 2.10 bits per heavy atom. The molecule has 0 unspecified atom stereocenters. The van der Waals surface area contributed by atoms with Crippen molar-refractivity contribution in [3.05, 3.63) is 83.4 Å². The lowest BCUT2D eigenvalue weighted by Gasteiger charge is -2.19. The summed E-state index contributed by atoms with van der Waals surface area (Å²) in [6, 6.07) is 11.1. The number of anilines is 1. The van der Waals surface area contributed by atoms with E-state index in [1.54, 1.807) is 42.6 Å². The lowest BCUT2D eigenvalue weighted by Crippen LogP contribution is -2.51. The van der Waals surface area contributed by atoms with Crippen molar-refractivity contribution in [2.45, 2.75) is 39.0 Å². The van der Waals surface area contributed by atoms with Crippen molar-refractivity contribution in [3.8, 4) is 23.7 Å². The second kappa shape index (κ2) is 14.7. The van der Waals surface area contributed by atoms with Gasteiger partial charge in [-0.3, -0.25) is 19.6 Å². The van der Waals surface area contributed by atoms with Gasteiger partial charge in [-0.1, -0.05) is 19.3 Å². The summed E-state index contributed by atoms with van der Waals surface area (Å²) in [7, 11) is 0. The molecule has 3 rings (SSSR count). The summed E-state index contributed by atoms with van der Waals surface area (Å²) in [6.45, 7) is 1.31. The van der Waals surface area contributed by atoms with Gasteiger partial charge in [0.15, 0.2) is 0 Å². The third kappa shape index (κ3) is 9.14. The molecule has 39 heavy (non-hydrogen) atoms. The van der Waals surface area contributed by atoms with Gasteiger partial charge in [0, 0.05) is 40.7 Å². The zero-order chi connectivity index (χ0) is 27.5. The van der Waals surface area contributed by atoms with Crippen molar-refractivity contribution in [1.29, 1.82) is 0 Å². The quantitative estimate of drug-likeness (QED) is 0.128. The van der Waals surface area contributed by atoms with Crippen LogP contribution >= 0.6 is 0 Å². The van der Waals surface area contributed by atoms with E-state index in [-0.39, 0.29) is 18.9 Å². The van der Waals surface area contributed by atoms with Crippen molar-refractivity contribution < 1.29 is 24.7 Å². The number of aromatic amines is 1. The van der Waals surface area contributed by atoms with Crippen LogP contribution in [0.1, 0.15) is 41.5 Å². The number of imidazole rings is 1. The maximum absolute atomic E-state index is 12.3. The van der Waals surface area contributed by atoms with Gasteiger partial charge in [0.1, 0.15) is 6.04 Å². The molecule has 3 atom stereocenters. The molecule has 0 fully saturated rings. The molecule has 0 aliphatic carbocycles. The molecule has 0 aliphatic heterocycles. The summed E-state index contributed by atoms with van der Waals surface area (Å²) < 4.78 is 0. The van der Waals surface area contributed by atoms with Gasteiger partial charge < -0.3 is 26.5 Å². The number of benzene rings is 2. The van der Waals surface area contributed by atoms with Crippen molar-refractivity contribution >= 4 is 23.4 Å². The number of aromatic nitrogens is 2. The van der Waals surface area contributed by atoms with E-state index in [1.807, 2.05) is 0 Å². The Morgan fingerprint density at radius 1 is 1.00 bits per heavy atom. The Bertz CT molecular complexity index is 1380. The fourth-order valence-electron chi connectivity index (χ4n) is 3.21. The van der Waals surface area contributed by atoms with Crippen LogP contribution in [-0.4, -0.2) is 56.2 Å². The highest BCUT2D eigenvalue weighted by Gasteiger charge is 2.25. The molecule has 0 spiro atoms. The van der Waals surface area contributed by atoms with E-state index >= 15 is 0 Å². The number of rotatable bonds is 8. The number of H-pyrrole nitrogens is 1. The van der Waals surface area contributed by atoms with Crippen LogP contribution in [0.3, 0.4) is 0 Å². The SMILES string of the molecule is C.C[C@@H](O)[C@H](NC(=O)c1ccc(C#CC#Cc2ccc(NC(=O)[C@@H](N)Cc3cnc[nH]3)cc2)cc1)C(=O)NO. The first-order valence-corrected chi connectivity index (χ1v) is 11.5. The zero-order valence-electron chi connectivity index (χ0n) is 20.4. The monoisotopic (exact) mass is 530 g/mol. The molecule has 8 N–H and O–H groups in total. The van der Waals surface area contributed by atoms with Crippen LogP contribution in [0.15, 0.2) is 61.1 Å². The van der Waals surface area contributed by atoms with Crippen molar-refractivity contribution in [2.75, 3.05) is 5.32 Å². The van der Waals surface area contributed by atoms with Crippen LogP contribution in [0.4, 0.5) is 5.69 Å². The van der Waals surface area contributed by atoms with Gasteiger partial charge in [0.2, 0.25) is 5.91 Å². The fraction of sp³-hybridized carbons (Fsp3) is 0.214. The smallest absolute Gasteiger partial charge is 0.268 e.